The summed E-state index contributed by atoms with van der Waals surface area (Å²) in [5.74, 6) is 3.55. The monoisotopic (exact) mass is 424 g/mol. The Bertz CT molecular complexity index is 770. The molecule has 1 aromatic rings. The second kappa shape index (κ2) is 8.71. The maximum atomic E-state index is 12.6. The van der Waals surface area contributed by atoms with Crippen molar-refractivity contribution in [2.45, 2.75) is 57.5 Å². The summed E-state index contributed by atoms with van der Waals surface area (Å²) in [5, 5.41) is 9.52. The first kappa shape index (κ1) is 20.7. The summed E-state index contributed by atoms with van der Waals surface area (Å²) in [5.41, 5.74) is 1.11. The molecule has 6 nitrogen and oxygen atoms in total. The van der Waals surface area contributed by atoms with Gasteiger partial charge in [-0.15, -0.1) is 0 Å². The summed E-state index contributed by atoms with van der Waals surface area (Å²) in [6.45, 7) is 4.09. The molecule has 31 heavy (non-hydrogen) atoms. The van der Waals surface area contributed by atoms with Gasteiger partial charge in [0.05, 0.1) is 6.04 Å². The summed E-state index contributed by atoms with van der Waals surface area (Å²) >= 11 is 0. The van der Waals surface area contributed by atoms with Crippen molar-refractivity contribution in [1.29, 1.82) is 0 Å². The molecule has 5 fully saturated rings. The lowest BCUT2D eigenvalue weighted by Gasteiger charge is -2.54. The van der Waals surface area contributed by atoms with E-state index in [1.807, 2.05) is 42.2 Å². The number of likely N-dealkylation sites (tertiary alicyclic amines) is 1. The number of nitrogens with zero attached hydrogens (tertiary/aromatic N) is 1. The molecule has 2 unspecified atom stereocenters. The average molecular weight is 425 g/mol. The third-order valence-corrected chi connectivity index (χ3v) is 8.29. The SMILES string of the molecule is CC(NC(=O)N1CCC(CNC(=O)NC2C3CC4CC(C3)CC2C4)C1)c1ccccc1. The van der Waals surface area contributed by atoms with Crippen LogP contribution in [0.5, 0.6) is 0 Å². The quantitative estimate of drug-likeness (QED) is 0.671. The Hall–Kier alpha value is -2.24. The molecule has 1 aliphatic heterocycles. The van der Waals surface area contributed by atoms with Crippen LogP contribution in [0.25, 0.3) is 0 Å². The Labute approximate surface area is 185 Å². The molecule has 0 spiro atoms. The zero-order valence-corrected chi connectivity index (χ0v) is 18.6. The Morgan fingerprint density at radius 1 is 1.03 bits per heavy atom. The number of hydrogen-bond donors (Lipinski definition) is 3. The van der Waals surface area contributed by atoms with E-state index in [2.05, 4.69) is 16.0 Å². The highest BCUT2D eigenvalue weighted by Gasteiger charge is 2.48. The normalized spacial score (nSPS) is 34.4. The molecule has 4 bridgehead atoms. The van der Waals surface area contributed by atoms with E-state index in [-0.39, 0.29) is 18.1 Å². The van der Waals surface area contributed by atoms with Crippen molar-refractivity contribution in [3.05, 3.63) is 35.9 Å². The van der Waals surface area contributed by atoms with Crippen LogP contribution in [0, 0.1) is 29.6 Å². The summed E-state index contributed by atoms with van der Waals surface area (Å²) < 4.78 is 0. The smallest absolute Gasteiger partial charge is 0.317 e. The van der Waals surface area contributed by atoms with Crippen LogP contribution in [0.2, 0.25) is 0 Å². The number of carbonyl (C=O) groups excluding carboxylic acids is 2. The third-order valence-electron chi connectivity index (χ3n) is 8.29. The largest absolute Gasteiger partial charge is 0.338 e. The van der Waals surface area contributed by atoms with E-state index in [1.54, 1.807) is 0 Å². The first-order chi connectivity index (χ1) is 15.0. The fourth-order valence-electron chi connectivity index (χ4n) is 6.89. The summed E-state index contributed by atoms with van der Waals surface area (Å²) in [7, 11) is 0. The number of benzene rings is 1. The summed E-state index contributed by atoms with van der Waals surface area (Å²) in [6, 6.07) is 10.3. The van der Waals surface area contributed by atoms with E-state index in [4.69, 9.17) is 0 Å². The standard InChI is InChI=1S/C25H36N4O2/c1-16(20-5-3-2-4-6-20)27-25(31)29-8-7-17(15-29)14-26-24(30)28-23-21-10-18-9-19(12-21)13-22(23)11-18/h2-6,16-19,21-23H,7-15H2,1H3,(H,27,31)(H2,26,28,30). The van der Waals surface area contributed by atoms with Crippen molar-refractivity contribution < 1.29 is 9.59 Å². The molecule has 5 aliphatic rings. The molecule has 1 heterocycles. The molecule has 3 N–H and O–H groups in total. The van der Waals surface area contributed by atoms with E-state index >= 15 is 0 Å². The third kappa shape index (κ3) is 4.53. The van der Waals surface area contributed by atoms with Gasteiger partial charge in [0.2, 0.25) is 0 Å². The average Bonchev–Trinajstić information content (AvgIpc) is 3.24. The van der Waals surface area contributed by atoms with Crippen LogP contribution in [-0.2, 0) is 0 Å². The van der Waals surface area contributed by atoms with Crippen LogP contribution < -0.4 is 16.0 Å². The molecular weight excluding hydrogens is 388 g/mol. The number of nitrogens with one attached hydrogen (secondary N) is 3. The molecule has 1 saturated heterocycles. The molecule has 2 atom stereocenters. The Morgan fingerprint density at radius 2 is 1.71 bits per heavy atom. The van der Waals surface area contributed by atoms with Gasteiger partial charge in [-0.25, -0.2) is 9.59 Å². The molecule has 6 heteroatoms. The minimum atomic E-state index is -0.0168. The first-order valence-electron chi connectivity index (χ1n) is 12.2. The minimum absolute atomic E-state index is 0.0157. The number of carbonyl (C=O) groups is 2. The highest BCUT2D eigenvalue weighted by molar-refractivity contribution is 5.75. The van der Waals surface area contributed by atoms with Gasteiger partial charge in [-0.05, 0) is 80.6 Å². The topological polar surface area (TPSA) is 73.5 Å². The van der Waals surface area contributed by atoms with Crippen LogP contribution in [0.15, 0.2) is 30.3 Å². The lowest BCUT2D eigenvalue weighted by molar-refractivity contribution is -0.00943. The lowest BCUT2D eigenvalue weighted by Crippen LogP contribution is -2.57. The van der Waals surface area contributed by atoms with Gasteiger partial charge in [-0.3, -0.25) is 0 Å². The number of urea groups is 2. The number of hydrogen-bond acceptors (Lipinski definition) is 2. The van der Waals surface area contributed by atoms with Crippen molar-refractivity contribution in [2.75, 3.05) is 19.6 Å². The van der Waals surface area contributed by atoms with E-state index in [1.165, 1.54) is 32.1 Å². The Morgan fingerprint density at radius 3 is 2.39 bits per heavy atom. The number of rotatable bonds is 5. The van der Waals surface area contributed by atoms with Crippen LogP contribution in [0.4, 0.5) is 9.59 Å². The van der Waals surface area contributed by atoms with Gasteiger partial charge in [0.15, 0.2) is 0 Å². The maximum absolute atomic E-state index is 12.6. The molecule has 4 amide bonds. The fourth-order valence-corrected chi connectivity index (χ4v) is 6.89. The number of amides is 4. The predicted octanol–water partition coefficient (Wildman–Crippen LogP) is 3.90. The van der Waals surface area contributed by atoms with E-state index in [9.17, 15) is 9.59 Å². The minimum Gasteiger partial charge on any atom is -0.338 e. The van der Waals surface area contributed by atoms with Gasteiger partial charge in [-0.2, -0.15) is 0 Å². The van der Waals surface area contributed by atoms with Crippen molar-refractivity contribution in [3.8, 4) is 0 Å². The van der Waals surface area contributed by atoms with Crippen molar-refractivity contribution in [1.82, 2.24) is 20.9 Å². The van der Waals surface area contributed by atoms with E-state index < -0.39 is 0 Å². The first-order valence-corrected chi connectivity index (χ1v) is 12.2. The van der Waals surface area contributed by atoms with Crippen LogP contribution in [-0.4, -0.2) is 42.6 Å². The molecule has 4 saturated carbocycles. The Kier molecular flexibility index (Phi) is 5.81. The molecule has 6 rings (SSSR count). The predicted molar refractivity (Wildman–Crippen MR) is 120 cm³/mol. The zero-order chi connectivity index (χ0) is 21.4. The zero-order valence-electron chi connectivity index (χ0n) is 18.6. The molecule has 4 aliphatic carbocycles. The van der Waals surface area contributed by atoms with Gasteiger partial charge in [0.25, 0.3) is 0 Å². The maximum Gasteiger partial charge on any atom is 0.317 e. The highest BCUT2D eigenvalue weighted by Crippen LogP contribution is 2.53. The molecule has 0 aromatic heterocycles. The fraction of sp³-hybridized carbons (Fsp3) is 0.680. The van der Waals surface area contributed by atoms with Crippen LogP contribution in [0.1, 0.15) is 57.1 Å². The van der Waals surface area contributed by atoms with Crippen molar-refractivity contribution in [3.63, 3.8) is 0 Å². The van der Waals surface area contributed by atoms with Gasteiger partial charge in [0.1, 0.15) is 0 Å². The lowest BCUT2D eigenvalue weighted by atomic mass is 9.54. The van der Waals surface area contributed by atoms with E-state index in [0.29, 0.717) is 36.9 Å². The molecule has 1 aromatic carbocycles. The van der Waals surface area contributed by atoms with Crippen molar-refractivity contribution >= 4 is 12.1 Å². The van der Waals surface area contributed by atoms with Crippen molar-refractivity contribution in [2.24, 2.45) is 29.6 Å². The van der Waals surface area contributed by atoms with Crippen LogP contribution >= 0.6 is 0 Å². The molecule has 0 radical (unpaired) electrons. The van der Waals surface area contributed by atoms with Gasteiger partial charge in [0, 0.05) is 25.7 Å². The second-order valence-electron chi connectivity index (χ2n) is 10.5. The second-order valence-corrected chi connectivity index (χ2v) is 10.5. The highest BCUT2D eigenvalue weighted by atomic mass is 16.2. The summed E-state index contributed by atoms with van der Waals surface area (Å²) in [6.07, 6.45) is 7.61. The van der Waals surface area contributed by atoms with Gasteiger partial charge in [-0.1, -0.05) is 30.3 Å². The van der Waals surface area contributed by atoms with Gasteiger partial charge >= 0.3 is 12.1 Å². The van der Waals surface area contributed by atoms with Crippen LogP contribution in [0.3, 0.4) is 0 Å². The van der Waals surface area contributed by atoms with E-state index in [0.717, 1.165) is 30.4 Å². The van der Waals surface area contributed by atoms with Gasteiger partial charge < -0.3 is 20.9 Å². The molecule has 168 valence electrons. The summed E-state index contributed by atoms with van der Waals surface area (Å²) in [4.78, 5) is 27.1. The Balaban J connectivity index is 1.04. The molecular formula is C25H36N4O2.